The van der Waals surface area contributed by atoms with Gasteiger partial charge in [0.15, 0.2) is 4.90 Å². The van der Waals surface area contributed by atoms with Crippen LogP contribution in [0.1, 0.15) is 11.1 Å². The third-order valence-corrected chi connectivity index (χ3v) is 6.53. The maximum Gasteiger partial charge on any atom is 0.289 e. The smallest absolute Gasteiger partial charge is 0.279 e. The number of nitro benzene ring substituents is 1. The van der Waals surface area contributed by atoms with Crippen LogP contribution in [0.15, 0.2) is 82.6 Å². The summed E-state index contributed by atoms with van der Waals surface area (Å²) in [7, 11) is -4.08. The zero-order chi connectivity index (χ0) is 20.1. The highest BCUT2D eigenvalue weighted by molar-refractivity contribution is 7.98. The molecule has 8 heteroatoms. The van der Waals surface area contributed by atoms with Crippen molar-refractivity contribution in [2.45, 2.75) is 22.5 Å². The summed E-state index contributed by atoms with van der Waals surface area (Å²) < 4.78 is 27.8. The molecule has 0 fully saturated rings. The molecule has 0 saturated heterocycles. The molecule has 3 aromatic carbocycles. The van der Waals surface area contributed by atoms with Gasteiger partial charge in [-0.25, -0.2) is 8.42 Å². The average molecular weight is 415 g/mol. The molecule has 3 aromatic rings. The summed E-state index contributed by atoms with van der Waals surface area (Å²) in [6.45, 7) is 1.80. The summed E-state index contributed by atoms with van der Waals surface area (Å²) >= 11 is 1.69. The minimum atomic E-state index is -4.08. The van der Waals surface area contributed by atoms with Gasteiger partial charge in [-0.15, -0.1) is 11.8 Å². The Kier molecular flexibility index (Phi) is 6.01. The summed E-state index contributed by atoms with van der Waals surface area (Å²) in [5.74, 6) is 0.752. The zero-order valence-electron chi connectivity index (χ0n) is 15.0. The molecule has 0 aliphatic heterocycles. The van der Waals surface area contributed by atoms with Gasteiger partial charge < -0.3 is 0 Å². The van der Waals surface area contributed by atoms with Crippen molar-refractivity contribution < 1.29 is 13.3 Å². The molecule has 0 atom stereocenters. The van der Waals surface area contributed by atoms with Crippen LogP contribution in [0.25, 0.3) is 0 Å². The molecule has 0 spiro atoms. The van der Waals surface area contributed by atoms with Crippen LogP contribution >= 0.6 is 11.8 Å². The average Bonchev–Trinajstić information content (AvgIpc) is 2.69. The van der Waals surface area contributed by atoms with Crippen LogP contribution in [0, 0.1) is 17.0 Å². The lowest BCUT2D eigenvalue weighted by Gasteiger charge is -2.12. The SMILES string of the molecule is Cc1cc(CSc2ccccc2)ccc1NS(=O)(=O)c1ccccc1[N+](=O)[O-]. The van der Waals surface area contributed by atoms with E-state index in [-0.39, 0.29) is 4.90 Å². The Labute approximate surface area is 167 Å². The van der Waals surface area contributed by atoms with Gasteiger partial charge in [-0.3, -0.25) is 14.8 Å². The van der Waals surface area contributed by atoms with Crippen molar-refractivity contribution in [3.63, 3.8) is 0 Å². The molecule has 0 heterocycles. The molecule has 0 amide bonds. The van der Waals surface area contributed by atoms with Crippen LogP contribution in [-0.4, -0.2) is 13.3 Å². The fourth-order valence-electron chi connectivity index (χ4n) is 2.65. The highest BCUT2D eigenvalue weighted by atomic mass is 32.2. The van der Waals surface area contributed by atoms with Crippen molar-refractivity contribution in [1.82, 2.24) is 0 Å². The first-order valence-electron chi connectivity index (χ1n) is 8.40. The molecule has 0 aliphatic rings. The van der Waals surface area contributed by atoms with Crippen LogP contribution in [0.4, 0.5) is 11.4 Å². The molecule has 28 heavy (non-hydrogen) atoms. The van der Waals surface area contributed by atoms with E-state index < -0.39 is 20.6 Å². The molecule has 144 valence electrons. The fraction of sp³-hybridized carbons (Fsp3) is 0.100. The van der Waals surface area contributed by atoms with E-state index in [0.29, 0.717) is 5.69 Å². The van der Waals surface area contributed by atoms with E-state index in [9.17, 15) is 18.5 Å². The lowest BCUT2D eigenvalue weighted by Crippen LogP contribution is -2.15. The van der Waals surface area contributed by atoms with Crippen molar-refractivity contribution in [2.24, 2.45) is 0 Å². The third-order valence-electron chi connectivity index (χ3n) is 4.04. The maximum atomic E-state index is 12.7. The number of anilines is 1. The number of benzene rings is 3. The van der Waals surface area contributed by atoms with Crippen molar-refractivity contribution in [3.8, 4) is 0 Å². The van der Waals surface area contributed by atoms with Gasteiger partial charge in [-0.05, 0) is 42.3 Å². The molecule has 3 rings (SSSR count). The first-order valence-corrected chi connectivity index (χ1v) is 10.9. The summed E-state index contributed by atoms with van der Waals surface area (Å²) in [5, 5.41) is 11.1. The van der Waals surface area contributed by atoms with Crippen molar-refractivity contribution in [2.75, 3.05) is 4.72 Å². The number of hydrogen-bond acceptors (Lipinski definition) is 5. The summed E-state index contributed by atoms with van der Waals surface area (Å²) in [5.41, 5.74) is 1.74. The Morgan fingerprint density at radius 2 is 1.68 bits per heavy atom. The maximum absolute atomic E-state index is 12.7. The van der Waals surface area contributed by atoms with Gasteiger partial charge >= 0.3 is 0 Å². The molecule has 0 saturated carbocycles. The topological polar surface area (TPSA) is 89.3 Å². The number of rotatable bonds is 7. The number of para-hydroxylation sites is 1. The molecule has 1 N–H and O–H groups in total. The predicted octanol–water partition coefficient (Wildman–Crippen LogP) is 5.00. The normalized spacial score (nSPS) is 11.2. The van der Waals surface area contributed by atoms with Gasteiger partial charge in [0.05, 0.1) is 10.6 Å². The van der Waals surface area contributed by atoms with Crippen LogP contribution in [0.2, 0.25) is 0 Å². The van der Waals surface area contributed by atoms with Gasteiger partial charge in [0, 0.05) is 16.7 Å². The molecular formula is C20H18N2O4S2. The van der Waals surface area contributed by atoms with Gasteiger partial charge in [-0.1, -0.05) is 42.5 Å². The Morgan fingerprint density at radius 1 is 1.00 bits per heavy atom. The van der Waals surface area contributed by atoms with Crippen LogP contribution in [0.3, 0.4) is 0 Å². The van der Waals surface area contributed by atoms with E-state index in [1.165, 1.54) is 24.3 Å². The molecule has 0 radical (unpaired) electrons. The van der Waals surface area contributed by atoms with E-state index in [1.807, 2.05) is 42.5 Å². The second-order valence-corrected chi connectivity index (χ2v) is 8.78. The first kappa shape index (κ1) is 19.9. The standard InChI is InChI=1S/C20H18N2O4S2/c1-15-13-16(14-27-17-7-3-2-4-8-17)11-12-18(15)21-28(25,26)20-10-6-5-9-19(20)22(23)24/h2-13,21H,14H2,1H3. The number of sulfonamides is 1. The number of hydrogen-bond donors (Lipinski definition) is 1. The van der Waals surface area contributed by atoms with Gasteiger partial charge in [0.2, 0.25) is 0 Å². The number of nitro groups is 1. The number of aryl methyl sites for hydroxylation is 1. The minimum Gasteiger partial charge on any atom is -0.279 e. The Balaban J connectivity index is 1.78. The molecule has 0 bridgehead atoms. The predicted molar refractivity (Wildman–Crippen MR) is 111 cm³/mol. The first-order chi connectivity index (χ1) is 13.4. The molecule has 0 aromatic heterocycles. The van der Waals surface area contributed by atoms with Crippen LogP contribution in [-0.2, 0) is 15.8 Å². The largest absolute Gasteiger partial charge is 0.289 e. The molecular weight excluding hydrogens is 396 g/mol. The second kappa shape index (κ2) is 8.45. The summed E-state index contributed by atoms with van der Waals surface area (Å²) in [4.78, 5) is 11.2. The van der Waals surface area contributed by atoms with Crippen LogP contribution in [0.5, 0.6) is 0 Å². The van der Waals surface area contributed by atoms with Gasteiger partial charge in [0.25, 0.3) is 15.7 Å². The van der Waals surface area contributed by atoms with E-state index in [0.717, 1.165) is 21.8 Å². The fourth-order valence-corrected chi connectivity index (χ4v) is 4.82. The monoisotopic (exact) mass is 414 g/mol. The number of nitrogens with zero attached hydrogens (tertiary/aromatic N) is 1. The highest BCUT2D eigenvalue weighted by Crippen LogP contribution is 2.28. The van der Waals surface area contributed by atoms with E-state index in [1.54, 1.807) is 24.8 Å². The molecule has 0 unspecified atom stereocenters. The summed E-state index contributed by atoms with van der Waals surface area (Å²) in [6, 6.07) is 20.7. The Morgan fingerprint density at radius 3 is 2.36 bits per heavy atom. The third kappa shape index (κ3) is 4.71. The van der Waals surface area contributed by atoms with E-state index >= 15 is 0 Å². The van der Waals surface area contributed by atoms with E-state index in [2.05, 4.69) is 4.72 Å². The van der Waals surface area contributed by atoms with Gasteiger partial charge in [-0.2, -0.15) is 0 Å². The van der Waals surface area contributed by atoms with Crippen molar-refractivity contribution in [3.05, 3.63) is 94.0 Å². The van der Waals surface area contributed by atoms with Gasteiger partial charge in [0.1, 0.15) is 0 Å². The number of thioether (sulfide) groups is 1. The van der Waals surface area contributed by atoms with Crippen molar-refractivity contribution >= 4 is 33.2 Å². The number of nitrogens with one attached hydrogen (secondary N) is 1. The summed E-state index contributed by atoms with van der Waals surface area (Å²) in [6.07, 6.45) is 0. The molecule has 6 nitrogen and oxygen atoms in total. The zero-order valence-corrected chi connectivity index (χ0v) is 16.7. The Hall–Kier alpha value is -2.84. The van der Waals surface area contributed by atoms with Crippen molar-refractivity contribution in [1.29, 1.82) is 0 Å². The molecule has 0 aliphatic carbocycles. The second-order valence-electron chi connectivity index (χ2n) is 6.08. The lowest BCUT2D eigenvalue weighted by atomic mass is 10.1. The minimum absolute atomic E-state index is 0.358. The van der Waals surface area contributed by atoms with Crippen LogP contribution < -0.4 is 4.72 Å². The highest BCUT2D eigenvalue weighted by Gasteiger charge is 2.25. The quantitative estimate of drug-likeness (QED) is 0.334. The van der Waals surface area contributed by atoms with E-state index in [4.69, 9.17) is 0 Å². The Bertz CT molecular complexity index is 1100. The lowest BCUT2D eigenvalue weighted by molar-refractivity contribution is -0.387.